The zero-order chi connectivity index (χ0) is 13.0. The lowest BCUT2D eigenvalue weighted by Gasteiger charge is -2.08. The van der Waals surface area contributed by atoms with E-state index in [1.807, 2.05) is 6.07 Å². The number of nitrogens with zero attached hydrogens (tertiary/aromatic N) is 2. The number of nitriles is 1. The first kappa shape index (κ1) is 12.3. The minimum atomic E-state index is -0.517. The Morgan fingerprint density at radius 2 is 2.22 bits per heavy atom. The van der Waals surface area contributed by atoms with Crippen LogP contribution in [-0.4, -0.2) is 4.98 Å². The van der Waals surface area contributed by atoms with Crippen molar-refractivity contribution in [2.45, 2.75) is 6.61 Å². The molecule has 1 aromatic carbocycles. The summed E-state index contributed by atoms with van der Waals surface area (Å²) in [4.78, 5) is 3.83. The van der Waals surface area contributed by atoms with Crippen LogP contribution >= 0.6 is 11.6 Å². The number of ether oxygens (including phenoxy) is 1. The lowest BCUT2D eigenvalue weighted by molar-refractivity contribution is 0.290. The number of aromatic nitrogens is 1. The maximum Gasteiger partial charge on any atom is 0.174 e. The fourth-order valence-corrected chi connectivity index (χ4v) is 1.62. The molecule has 0 unspecified atom stereocenters. The fraction of sp³-hybridized carbons (Fsp3) is 0.0769. The fourth-order valence-electron chi connectivity index (χ4n) is 1.40. The zero-order valence-corrected chi connectivity index (χ0v) is 9.99. The van der Waals surface area contributed by atoms with Crippen molar-refractivity contribution < 1.29 is 9.13 Å². The maximum absolute atomic E-state index is 13.4. The highest BCUT2D eigenvalue weighted by Gasteiger charge is 2.08. The summed E-state index contributed by atoms with van der Waals surface area (Å²) in [7, 11) is 0. The number of para-hydroxylation sites is 1. The Kier molecular flexibility index (Phi) is 3.75. The molecule has 2 rings (SSSR count). The zero-order valence-electron chi connectivity index (χ0n) is 9.23. The van der Waals surface area contributed by atoms with E-state index in [0.717, 1.165) is 5.56 Å². The smallest absolute Gasteiger partial charge is 0.174 e. The molecule has 0 N–H and O–H groups in total. The Labute approximate surface area is 108 Å². The minimum absolute atomic E-state index is 0.00878. The number of benzene rings is 1. The first-order valence-corrected chi connectivity index (χ1v) is 5.50. The van der Waals surface area contributed by atoms with E-state index >= 15 is 0 Å². The average Bonchev–Trinajstić information content (AvgIpc) is 2.38. The number of pyridine rings is 1. The van der Waals surface area contributed by atoms with Gasteiger partial charge in [0.15, 0.2) is 11.6 Å². The Bertz CT molecular complexity index is 590. The molecule has 0 radical (unpaired) electrons. The highest BCUT2D eigenvalue weighted by atomic mass is 35.5. The van der Waals surface area contributed by atoms with E-state index in [-0.39, 0.29) is 23.1 Å². The van der Waals surface area contributed by atoms with Crippen molar-refractivity contribution in [3.63, 3.8) is 0 Å². The molecule has 0 aliphatic rings. The van der Waals surface area contributed by atoms with E-state index in [1.165, 1.54) is 18.3 Å². The highest BCUT2D eigenvalue weighted by molar-refractivity contribution is 6.32. The van der Waals surface area contributed by atoms with Crippen LogP contribution in [0.25, 0.3) is 0 Å². The molecule has 0 spiro atoms. The van der Waals surface area contributed by atoms with Gasteiger partial charge in [0.25, 0.3) is 0 Å². The second-order valence-electron chi connectivity index (χ2n) is 3.50. The minimum Gasteiger partial charge on any atom is -0.484 e. The number of hydrogen-bond donors (Lipinski definition) is 0. The van der Waals surface area contributed by atoms with Crippen LogP contribution in [0.1, 0.15) is 11.3 Å². The van der Waals surface area contributed by atoms with E-state index in [1.54, 1.807) is 18.2 Å². The summed E-state index contributed by atoms with van der Waals surface area (Å²) in [5.74, 6) is -0.508. The van der Waals surface area contributed by atoms with Crippen molar-refractivity contribution in [1.29, 1.82) is 5.26 Å². The molecule has 0 aliphatic heterocycles. The highest BCUT2D eigenvalue weighted by Crippen LogP contribution is 2.27. The van der Waals surface area contributed by atoms with Crippen molar-refractivity contribution in [2.75, 3.05) is 0 Å². The number of rotatable bonds is 3. The first-order valence-electron chi connectivity index (χ1n) is 5.12. The average molecular weight is 263 g/mol. The van der Waals surface area contributed by atoms with Gasteiger partial charge < -0.3 is 4.74 Å². The van der Waals surface area contributed by atoms with Crippen molar-refractivity contribution >= 4 is 11.6 Å². The molecule has 0 atom stereocenters. The Balaban J connectivity index is 2.14. The van der Waals surface area contributed by atoms with Crippen molar-refractivity contribution in [2.24, 2.45) is 0 Å². The normalized spacial score (nSPS) is 9.83. The molecule has 1 aromatic heterocycles. The Morgan fingerprint density at radius 3 is 2.94 bits per heavy atom. The summed E-state index contributed by atoms with van der Waals surface area (Å²) in [5, 5.41) is 8.91. The topological polar surface area (TPSA) is 45.9 Å². The van der Waals surface area contributed by atoms with Crippen LogP contribution in [0, 0.1) is 17.1 Å². The lowest BCUT2D eigenvalue weighted by atomic mass is 10.2. The first-order chi connectivity index (χ1) is 8.70. The van der Waals surface area contributed by atoms with Gasteiger partial charge in [-0.3, -0.25) is 0 Å². The molecule has 1 heterocycles. The van der Waals surface area contributed by atoms with E-state index in [2.05, 4.69) is 4.98 Å². The summed E-state index contributed by atoms with van der Waals surface area (Å²) in [6, 6.07) is 9.52. The van der Waals surface area contributed by atoms with Gasteiger partial charge >= 0.3 is 0 Å². The van der Waals surface area contributed by atoms with Gasteiger partial charge in [0.1, 0.15) is 18.4 Å². The SMILES string of the molecule is N#Cc1cc(COc2c(F)cccc2Cl)ccn1. The predicted molar refractivity (Wildman–Crippen MR) is 64.7 cm³/mol. The van der Waals surface area contributed by atoms with Gasteiger partial charge in [-0.25, -0.2) is 9.37 Å². The summed E-state index contributed by atoms with van der Waals surface area (Å²) in [5.41, 5.74) is 1.01. The van der Waals surface area contributed by atoms with Gasteiger partial charge in [-0.2, -0.15) is 5.26 Å². The van der Waals surface area contributed by atoms with Crippen LogP contribution in [0.3, 0.4) is 0 Å². The standard InChI is InChI=1S/C13H8ClFN2O/c14-11-2-1-3-12(15)13(11)18-8-9-4-5-17-10(6-9)7-16/h1-6H,8H2. The van der Waals surface area contributed by atoms with Crippen molar-refractivity contribution in [1.82, 2.24) is 4.98 Å². The molecular weight excluding hydrogens is 255 g/mol. The molecule has 18 heavy (non-hydrogen) atoms. The van der Waals surface area contributed by atoms with Crippen LogP contribution in [0.2, 0.25) is 5.02 Å². The molecule has 0 aliphatic carbocycles. The van der Waals surface area contributed by atoms with Gasteiger partial charge in [0, 0.05) is 6.20 Å². The number of hydrogen-bond acceptors (Lipinski definition) is 3. The molecule has 90 valence electrons. The molecule has 0 bridgehead atoms. The maximum atomic E-state index is 13.4. The van der Waals surface area contributed by atoms with Crippen molar-refractivity contribution in [3.05, 3.63) is 58.6 Å². The summed E-state index contributed by atoms with van der Waals surface area (Å²) in [6.45, 7) is 0.123. The van der Waals surface area contributed by atoms with Crippen LogP contribution in [-0.2, 0) is 6.61 Å². The van der Waals surface area contributed by atoms with E-state index in [0.29, 0.717) is 0 Å². The molecule has 0 amide bonds. The Morgan fingerprint density at radius 1 is 1.39 bits per heavy atom. The summed E-state index contributed by atoms with van der Waals surface area (Å²) >= 11 is 5.82. The lowest BCUT2D eigenvalue weighted by Crippen LogP contribution is -1.99. The molecular formula is C13H8ClFN2O. The van der Waals surface area contributed by atoms with Gasteiger partial charge in [0.05, 0.1) is 5.02 Å². The van der Waals surface area contributed by atoms with E-state index < -0.39 is 5.82 Å². The van der Waals surface area contributed by atoms with Gasteiger partial charge in [-0.1, -0.05) is 17.7 Å². The predicted octanol–water partition coefficient (Wildman–Crippen LogP) is 3.32. The molecule has 2 aromatic rings. The van der Waals surface area contributed by atoms with E-state index in [4.69, 9.17) is 21.6 Å². The second kappa shape index (κ2) is 5.48. The largest absolute Gasteiger partial charge is 0.484 e. The van der Waals surface area contributed by atoms with Crippen LogP contribution < -0.4 is 4.74 Å². The molecule has 0 saturated heterocycles. The van der Waals surface area contributed by atoms with Gasteiger partial charge in [-0.15, -0.1) is 0 Å². The summed E-state index contributed by atoms with van der Waals surface area (Å²) in [6.07, 6.45) is 1.50. The molecule has 5 heteroatoms. The van der Waals surface area contributed by atoms with Crippen molar-refractivity contribution in [3.8, 4) is 11.8 Å². The summed E-state index contributed by atoms with van der Waals surface area (Å²) < 4.78 is 18.7. The molecule has 3 nitrogen and oxygen atoms in total. The molecule has 0 saturated carbocycles. The van der Waals surface area contributed by atoms with Crippen LogP contribution in [0.15, 0.2) is 36.5 Å². The van der Waals surface area contributed by atoms with Gasteiger partial charge in [0.2, 0.25) is 0 Å². The van der Waals surface area contributed by atoms with Crippen LogP contribution in [0.5, 0.6) is 5.75 Å². The molecule has 0 fully saturated rings. The van der Waals surface area contributed by atoms with Gasteiger partial charge in [-0.05, 0) is 29.8 Å². The van der Waals surface area contributed by atoms with Crippen LogP contribution in [0.4, 0.5) is 4.39 Å². The third-order valence-electron chi connectivity index (χ3n) is 2.24. The second-order valence-corrected chi connectivity index (χ2v) is 3.91. The number of halogens is 2. The quantitative estimate of drug-likeness (QED) is 0.852. The monoisotopic (exact) mass is 262 g/mol. The Hall–Kier alpha value is -2.12. The van der Waals surface area contributed by atoms with E-state index in [9.17, 15) is 4.39 Å². The third kappa shape index (κ3) is 2.76. The third-order valence-corrected chi connectivity index (χ3v) is 2.54.